The van der Waals surface area contributed by atoms with Gasteiger partial charge in [0.05, 0.1) is 18.5 Å². The highest BCUT2D eigenvalue weighted by Gasteiger charge is 2.20. The number of nitrogens with two attached hydrogens (primary N) is 1. The summed E-state index contributed by atoms with van der Waals surface area (Å²) in [5.41, 5.74) is 4.93. The van der Waals surface area contributed by atoms with Crippen LogP contribution in [0.15, 0.2) is 51.9 Å². The van der Waals surface area contributed by atoms with Gasteiger partial charge in [0.1, 0.15) is 6.54 Å². The number of hydrogen-bond acceptors (Lipinski definition) is 5. The fraction of sp³-hybridized carbons (Fsp3) is 0.125. The van der Waals surface area contributed by atoms with Crippen LogP contribution in [-0.4, -0.2) is 32.7 Å². The molecule has 10 heteroatoms. The first-order chi connectivity index (χ1) is 12.5. The quantitative estimate of drug-likeness (QED) is 0.650. The van der Waals surface area contributed by atoms with Crippen molar-refractivity contribution in [1.82, 2.24) is 19.7 Å². The highest BCUT2D eigenvalue weighted by Crippen LogP contribution is 2.18. The lowest BCUT2D eigenvalue weighted by atomic mass is 10.3. The van der Waals surface area contributed by atoms with Crippen molar-refractivity contribution < 1.29 is 14.0 Å². The maximum atomic E-state index is 12.8. The molecule has 3 aromatic rings. The second-order valence-electron chi connectivity index (χ2n) is 5.30. The van der Waals surface area contributed by atoms with E-state index in [1.165, 1.54) is 6.26 Å². The minimum atomic E-state index is -0.686. The van der Waals surface area contributed by atoms with Gasteiger partial charge in [-0.05, 0) is 36.4 Å². The van der Waals surface area contributed by atoms with E-state index in [1.54, 1.807) is 36.4 Å². The minimum Gasteiger partial charge on any atom is -0.461 e. The summed E-state index contributed by atoms with van der Waals surface area (Å²) in [7, 11) is 0. The van der Waals surface area contributed by atoms with Gasteiger partial charge in [0.2, 0.25) is 17.6 Å². The first-order valence-corrected chi connectivity index (χ1v) is 7.88. The summed E-state index contributed by atoms with van der Waals surface area (Å²) in [6.45, 7) is -0.676. The lowest BCUT2D eigenvalue weighted by Gasteiger charge is -2.04. The van der Waals surface area contributed by atoms with E-state index in [0.717, 1.165) is 9.25 Å². The van der Waals surface area contributed by atoms with Crippen LogP contribution in [0, 0.1) is 0 Å². The third-order valence-electron chi connectivity index (χ3n) is 3.44. The van der Waals surface area contributed by atoms with E-state index in [-0.39, 0.29) is 18.9 Å². The maximum Gasteiger partial charge on any atom is 0.351 e. The van der Waals surface area contributed by atoms with E-state index >= 15 is 0 Å². The van der Waals surface area contributed by atoms with Gasteiger partial charge >= 0.3 is 5.69 Å². The predicted molar refractivity (Wildman–Crippen MR) is 92.7 cm³/mol. The number of carbonyl (C=O) groups excluding carboxylic acids is 2. The van der Waals surface area contributed by atoms with Crippen molar-refractivity contribution in [2.75, 3.05) is 6.54 Å². The van der Waals surface area contributed by atoms with Crippen molar-refractivity contribution in [3.05, 3.63) is 58.2 Å². The molecule has 0 aliphatic carbocycles. The Morgan fingerprint density at radius 3 is 2.58 bits per heavy atom. The Morgan fingerprint density at radius 1 is 1.23 bits per heavy atom. The molecule has 0 saturated carbocycles. The van der Waals surface area contributed by atoms with Crippen LogP contribution in [0.25, 0.3) is 17.3 Å². The number of benzene rings is 1. The van der Waals surface area contributed by atoms with Crippen molar-refractivity contribution in [2.24, 2.45) is 5.73 Å². The Kier molecular flexibility index (Phi) is 4.90. The molecule has 3 N–H and O–H groups in total. The van der Waals surface area contributed by atoms with Crippen LogP contribution in [-0.2, 0) is 16.1 Å². The van der Waals surface area contributed by atoms with Gasteiger partial charge in [-0.15, -0.1) is 5.10 Å². The number of furan rings is 1. The lowest BCUT2D eigenvalue weighted by Crippen LogP contribution is -2.37. The van der Waals surface area contributed by atoms with Crippen molar-refractivity contribution in [3.8, 4) is 17.3 Å². The van der Waals surface area contributed by atoms with Gasteiger partial charge in [-0.1, -0.05) is 11.6 Å². The zero-order chi connectivity index (χ0) is 18.7. The topological polar surface area (TPSA) is 125 Å². The molecule has 0 aliphatic rings. The number of nitrogens with one attached hydrogen (secondary N) is 1. The molecule has 2 aromatic heterocycles. The number of halogens is 1. The Bertz CT molecular complexity index is 989. The summed E-state index contributed by atoms with van der Waals surface area (Å²) < 4.78 is 7.58. The molecule has 0 atom stereocenters. The highest BCUT2D eigenvalue weighted by molar-refractivity contribution is 6.30. The molecule has 134 valence electrons. The van der Waals surface area contributed by atoms with Crippen molar-refractivity contribution >= 4 is 23.4 Å². The van der Waals surface area contributed by atoms with Gasteiger partial charge in [-0.3, -0.25) is 14.2 Å². The van der Waals surface area contributed by atoms with E-state index in [0.29, 0.717) is 16.5 Å². The van der Waals surface area contributed by atoms with Crippen LogP contribution >= 0.6 is 11.6 Å². The molecule has 0 bridgehead atoms. The monoisotopic (exact) mass is 375 g/mol. The summed E-state index contributed by atoms with van der Waals surface area (Å²) in [6.07, 6.45) is 1.43. The van der Waals surface area contributed by atoms with Crippen LogP contribution in [0.1, 0.15) is 0 Å². The second-order valence-corrected chi connectivity index (χ2v) is 5.74. The minimum absolute atomic E-state index is 0.171. The van der Waals surface area contributed by atoms with E-state index in [2.05, 4.69) is 10.4 Å². The van der Waals surface area contributed by atoms with E-state index < -0.39 is 17.5 Å². The highest BCUT2D eigenvalue weighted by atomic mass is 35.5. The van der Waals surface area contributed by atoms with Crippen molar-refractivity contribution in [2.45, 2.75) is 6.54 Å². The van der Waals surface area contributed by atoms with Crippen LogP contribution in [0.5, 0.6) is 0 Å². The Balaban J connectivity index is 2.01. The van der Waals surface area contributed by atoms with Gasteiger partial charge in [0.25, 0.3) is 0 Å². The number of primary amides is 1. The van der Waals surface area contributed by atoms with Crippen LogP contribution in [0.4, 0.5) is 0 Å². The van der Waals surface area contributed by atoms with Crippen LogP contribution < -0.4 is 16.7 Å². The standard InChI is InChI=1S/C16H14ClN5O4/c17-10-3-5-11(6-4-10)22-16(25)21(9-14(24)19-8-13(18)23)15(20-22)12-2-1-7-26-12/h1-7H,8-9H2,(H2,18,23)(H,19,24). The summed E-state index contributed by atoms with van der Waals surface area (Å²) in [5.74, 6) is -0.759. The molecule has 26 heavy (non-hydrogen) atoms. The number of carbonyl (C=O) groups is 2. The number of aromatic nitrogens is 3. The Labute approximate surface area is 152 Å². The average molecular weight is 376 g/mol. The number of nitrogens with zero attached hydrogens (tertiary/aromatic N) is 3. The van der Waals surface area contributed by atoms with Gasteiger partial charge in [0, 0.05) is 5.02 Å². The van der Waals surface area contributed by atoms with E-state index in [1.807, 2.05) is 0 Å². The molecule has 0 spiro atoms. The van der Waals surface area contributed by atoms with Crippen molar-refractivity contribution in [1.29, 1.82) is 0 Å². The van der Waals surface area contributed by atoms with Gasteiger partial charge in [-0.2, -0.15) is 4.68 Å². The Morgan fingerprint density at radius 2 is 1.96 bits per heavy atom. The SMILES string of the molecule is NC(=O)CNC(=O)Cn1c(-c2ccco2)nn(-c2ccc(Cl)cc2)c1=O. The molecule has 2 amide bonds. The van der Waals surface area contributed by atoms with E-state index in [9.17, 15) is 14.4 Å². The second kappa shape index (κ2) is 7.28. The smallest absolute Gasteiger partial charge is 0.351 e. The maximum absolute atomic E-state index is 12.8. The zero-order valence-corrected chi connectivity index (χ0v) is 14.1. The van der Waals surface area contributed by atoms with E-state index in [4.69, 9.17) is 21.8 Å². The summed E-state index contributed by atoms with van der Waals surface area (Å²) in [5, 5.41) is 7.10. The third-order valence-corrected chi connectivity index (χ3v) is 3.69. The molecule has 0 aliphatic heterocycles. The molecule has 0 saturated heterocycles. The van der Waals surface area contributed by atoms with Gasteiger partial charge < -0.3 is 15.5 Å². The Hall–Kier alpha value is -3.33. The average Bonchev–Trinajstić information content (AvgIpc) is 3.23. The molecule has 3 rings (SSSR count). The molecule has 2 heterocycles. The molecular weight excluding hydrogens is 362 g/mol. The fourth-order valence-corrected chi connectivity index (χ4v) is 2.39. The van der Waals surface area contributed by atoms with Crippen LogP contribution in [0.3, 0.4) is 0 Å². The zero-order valence-electron chi connectivity index (χ0n) is 13.4. The predicted octanol–water partition coefficient (Wildman–Crippen LogP) is 0.549. The fourth-order valence-electron chi connectivity index (χ4n) is 2.26. The number of amides is 2. The normalized spacial score (nSPS) is 10.7. The van der Waals surface area contributed by atoms with Gasteiger partial charge in [-0.25, -0.2) is 4.79 Å². The molecule has 0 radical (unpaired) electrons. The summed E-state index contributed by atoms with van der Waals surface area (Å²) >= 11 is 5.87. The van der Waals surface area contributed by atoms with Crippen molar-refractivity contribution in [3.63, 3.8) is 0 Å². The summed E-state index contributed by atoms with van der Waals surface area (Å²) in [4.78, 5) is 35.6. The van der Waals surface area contributed by atoms with Gasteiger partial charge in [0.15, 0.2) is 5.76 Å². The molecule has 1 aromatic carbocycles. The molecule has 0 unspecified atom stereocenters. The molecular formula is C16H14ClN5O4. The largest absolute Gasteiger partial charge is 0.461 e. The first-order valence-electron chi connectivity index (χ1n) is 7.50. The van der Waals surface area contributed by atoms with Crippen LogP contribution in [0.2, 0.25) is 5.02 Å². The summed E-state index contributed by atoms with van der Waals surface area (Å²) in [6, 6.07) is 9.74. The lowest BCUT2D eigenvalue weighted by molar-refractivity contribution is -0.125. The molecule has 0 fully saturated rings. The number of rotatable bonds is 6. The molecule has 9 nitrogen and oxygen atoms in total. The third kappa shape index (κ3) is 3.67. The number of hydrogen-bond donors (Lipinski definition) is 2. The first kappa shape index (κ1) is 17.5.